The fraction of sp³-hybridized carbons (Fsp3) is 0.800. The second-order valence-electron chi connectivity index (χ2n) is 4.08. The van der Waals surface area contributed by atoms with Crippen LogP contribution in [0.2, 0.25) is 0 Å². The van der Waals surface area contributed by atoms with E-state index in [4.69, 9.17) is 4.74 Å². The molecule has 0 radical (unpaired) electrons. The largest absolute Gasteiger partial charge is 0.380 e. The minimum Gasteiger partial charge on any atom is -0.380 e. The van der Waals surface area contributed by atoms with Crippen molar-refractivity contribution in [3.8, 4) is 0 Å². The Morgan fingerprint density at radius 3 is 3.27 bits per heavy atom. The van der Waals surface area contributed by atoms with Gasteiger partial charge in [-0.25, -0.2) is 4.98 Å². The molecule has 0 aliphatic carbocycles. The maximum Gasteiger partial charge on any atom is 0.137 e. The first-order chi connectivity index (χ1) is 7.34. The van der Waals surface area contributed by atoms with E-state index in [-0.39, 0.29) is 0 Å². The van der Waals surface area contributed by atoms with Gasteiger partial charge in [0.15, 0.2) is 0 Å². The van der Waals surface area contributed by atoms with E-state index in [1.54, 1.807) is 12.7 Å². The Labute approximate surface area is 89.8 Å². The second-order valence-corrected chi connectivity index (χ2v) is 4.08. The molecule has 1 N–H and O–H groups in total. The summed E-state index contributed by atoms with van der Waals surface area (Å²) in [5.41, 5.74) is 0. The molecule has 2 atom stereocenters. The Balaban J connectivity index is 1.66. The zero-order chi connectivity index (χ0) is 10.5. The van der Waals surface area contributed by atoms with E-state index in [1.165, 1.54) is 0 Å². The molecule has 1 aromatic heterocycles. The zero-order valence-corrected chi connectivity index (χ0v) is 9.09. The Hall–Kier alpha value is -0.940. The summed E-state index contributed by atoms with van der Waals surface area (Å²) in [6.45, 7) is 4.87. The van der Waals surface area contributed by atoms with Crippen LogP contribution in [-0.4, -0.2) is 40.1 Å². The van der Waals surface area contributed by atoms with Gasteiger partial charge in [-0.3, -0.25) is 4.68 Å². The van der Waals surface area contributed by atoms with Crippen LogP contribution < -0.4 is 5.32 Å². The molecule has 2 unspecified atom stereocenters. The van der Waals surface area contributed by atoms with E-state index in [0.717, 1.165) is 32.6 Å². The number of nitrogens with one attached hydrogen (secondary N) is 1. The molecule has 0 bridgehead atoms. The first-order valence-electron chi connectivity index (χ1n) is 5.51. The van der Waals surface area contributed by atoms with Gasteiger partial charge in [-0.15, -0.1) is 0 Å². The summed E-state index contributed by atoms with van der Waals surface area (Å²) in [7, 11) is 0. The molecular weight excluding hydrogens is 192 g/mol. The Morgan fingerprint density at radius 1 is 1.67 bits per heavy atom. The fourth-order valence-electron chi connectivity index (χ4n) is 1.83. The lowest BCUT2D eigenvalue weighted by Crippen LogP contribution is -2.37. The quantitative estimate of drug-likeness (QED) is 0.766. The van der Waals surface area contributed by atoms with E-state index < -0.39 is 0 Å². The normalized spacial score (nSPS) is 23.1. The van der Waals surface area contributed by atoms with E-state index in [1.807, 2.05) is 4.68 Å². The number of rotatable bonds is 5. The standard InChI is InChI=1S/C10H18N4O/c1-9(13-10-3-5-15-6-10)2-4-14-8-11-7-12-14/h7-10,13H,2-6H2,1H3. The van der Waals surface area contributed by atoms with Crippen LogP contribution in [0.15, 0.2) is 12.7 Å². The molecular formula is C10H18N4O. The average molecular weight is 210 g/mol. The van der Waals surface area contributed by atoms with Gasteiger partial charge in [-0.05, 0) is 19.8 Å². The minimum atomic E-state index is 0.501. The van der Waals surface area contributed by atoms with Crippen molar-refractivity contribution in [2.75, 3.05) is 13.2 Å². The van der Waals surface area contributed by atoms with Crippen LogP contribution in [-0.2, 0) is 11.3 Å². The first kappa shape index (κ1) is 10.6. The van der Waals surface area contributed by atoms with Gasteiger partial charge in [0.25, 0.3) is 0 Å². The summed E-state index contributed by atoms with van der Waals surface area (Å²) in [6, 6.07) is 1.04. The summed E-state index contributed by atoms with van der Waals surface area (Å²) in [4.78, 5) is 3.91. The monoisotopic (exact) mass is 210 g/mol. The van der Waals surface area contributed by atoms with Crippen molar-refractivity contribution in [2.45, 2.75) is 38.4 Å². The maximum atomic E-state index is 5.32. The van der Waals surface area contributed by atoms with Crippen molar-refractivity contribution in [2.24, 2.45) is 0 Å². The third-order valence-corrected chi connectivity index (χ3v) is 2.71. The number of ether oxygens (including phenoxy) is 1. The van der Waals surface area contributed by atoms with Crippen LogP contribution in [0.25, 0.3) is 0 Å². The Bertz CT molecular complexity index is 269. The molecule has 0 aromatic carbocycles. The van der Waals surface area contributed by atoms with Crippen LogP contribution in [0.5, 0.6) is 0 Å². The number of hydrogen-bond donors (Lipinski definition) is 1. The average Bonchev–Trinajstić information content (AvgIpc) is 2.86. The highest BCUT2D eigenvalue weighted by Crippen LogP contribution is 2.05. The molecule has 5 nitrogen and oxygen atoms in total. The van der Waals surface area contributed by atoms with Gasteiger partial charge in [0.2, 0.25) is 0 Å². The molecule has 1 aromatic rings. The van der Waals surface area contributed by atoms with E-state index >= 15 is 0 Å². The second kappa shape index (κ2) is 5.23. The molecule has 1 fully saturated rings. The summed E-state index contributed by atoms with van der Waals surface area (Å²) >= 11 is 0. The molecule has 0 spiro atoms. The molecule has 1 aliphatic rings. The lowest BCUT2D eigenvalue weighted by Gasteiger charge is -2.17. The molecule has 2 rings (SSSR count). The predicted octanol–water partition coefficient (Wildman–Crippen LogP) is 0.435. The summed E-state index contributed by atoms with van der Waals surface area (Å²) < 4.78 is 7.18. The molecule has 84 valence electrons. The lowest BCUT2D eigenvalue weighted by atomic mass is 10.2. The molecule has 15 heavy (non-hydrogen) atoms. The highest BCUT2D eigenvalue weighted by molar-refractivity contribution is 4.75. The summed E-state index contributed by atoms with van der Waals surface area (Å²) in [5, 5.41) is 7.63. The van der Waals surface area contributed by atoms with Crippen molar-refractivity contribution in [1.82, 2.24) is 20.1 Å². The molecule has 1 aliphatic heterocycles. The number of nitrogens with zero attached hydrogens (tertiary/aromatic N) is 3. The number of aryl methyl sites for hydroxylation is 1. The third kappa shape index (κ3) is 3.28. The Kier molecular flexibility index (Phi) is 3.69. The van der Waals surface area contributed by atoms with Gasteiger partial charge in [0.05, 0.1) is 6.61 Å². The van der Waals surface area contributed by atoms with Gasteiger partial charge < -0.3 is 10.1 Å². The fourth-order valence-corrected chi connectivity index (χ4v) is 1.83. The number of hydrogen-bond acceptors (Lipinski definition) is 4. The van der Waals surface area contributed by atoms with Crippen molar-refractivity contribution in [3.05, 3.63) is 12.7 Å². The van der Waals surface area contributed by atoms with Crippen LogP contribution in [0.4, 0.5) is 0 Å². The topological polar surface area (TPSA) is 52.0 Å². The number of aromatic nitrogens is 3. The van der Waals surface area contributed by atoms with Gasteiger partial charge in [-0.1, -0.05) is 0 Å². The van der Waals surface area contributed by atoms with Crippen LogP contribution in [0.3, 0.4) is 0 Å². The highest BCUT2D eigenvalue weighted by atomic mass is 16.5. The van der Waals surface area contributed by atoms with Gasteiger partial charge in [0.1, 0.15) is 12.7 Å². The van der Waals surface area contributed by atoms with Gasteiger partial charge in [-0.2, -0.15) is 5.10 Å². The maximum absolute atomic E-state index is 5.32. The van der Waals surface area contributed by atoms with E-state index in [9.17, 15) is 0 Å². The first-order valence-corrected chi connectivity index (χ1v) is 5.51. The van der Waals surface area contributed by atoms with Crippen molar-refractivity contribution >= 4 is 0 Å². The molecule has 2 heterocycles. The van der Waals surface area contributed by atoms with Gasteiger partial charge >= 0.3 is 0 Å². The summed E-state index contributed by atoms with van der Waals surface area (Å²) in [6.07, 6.45) is 5.53. The third-order valence-electron chi connectivity index (χ3n) is 2.71. The SMILES string of the molecule is CC(CCn1cncn1)NC1CCOC1. The van der Waals surface area contributed by atoms with Crippen molar-refractivity contribution in [3.63, 3.8) is 0 Å². The van der Waals surface area contributed by atoms with Crippen LogP contribution >= 0.6 is 0 Å². The van der Waals surface area contributed by atoms with E-state index in [0.29, 0.717) is 12.1 Å². The minimum absolute atomic E-state index is 0.501. The van der Waals surface area contributed by atoms with Crippen molar-refractivity contribution < 1.29 is 4.74 Å². The van der Waals surface area contributed by atoms with Crippen LogP contribution in [0.1, 0.15) is 19.8 Å². The van der Waals surface area contributed by atoms with Gasteiger partial charge in [0, 0.05) is 25.2 Å². The summed E-state index contributed by atoms with van der Waals surface area (Å²) in [5.74, 6) is 0. The molecule has 1 saturated heterocycles. The van der Waals surface area contributed by atoms with Crippen molar-refractivity contribution in [1.29, 1.82) is 0 Å². The Morgan fingerprint density at radius 2 is 2.60 bits per heavy atom. The zero-order valence-electron chi connectivity index (χ0n) is 9.09. The highest BCUT2D eigenvalue weighted by Gasteiger charge is 2.17. The molecule has 0 saturated carbocycles. The van der Waals surface area contributed by atoms with E-state index in [2.05, 4.69) is 22.3 Å². The molecule has 0 amide bonds. The van der Waals surface area contributed by atoms with Crippen LogP contribution in [0, 0.1) is 0 Å². The predicted molar refractivity (Wildman–Crippen MR) is 56.5 cm³/mol. The molecule has 5 heteroatoms. The lowest BCUT2D eigenvalue weighted by molar-refractivity contribution is 0.187. The smallest absolute Gasteiger partial charge is 0.137 e.